The maximum absolute atomic E-state index is 11.6. The summed E-state index contributed by atoms with van der Waals surface area (Å²) in [7, 11) is 1.77. The van der Waals surface area contributed by atoms with Gasteiger partial charge in [0.2, 0.25) is 0 Å². The van der Waals surface area contributed by atoms with Crippen LogP contribution in [0.3, 0.4) is 0 Å². The molecule has 0 saturated heterocycles. The third-order valence-corrected chi connectivity index (χ3v) is 4.21. The Kier molecular flexibility index (Phi) is 4.24. The van der Waals surface area contributed by atoms with Gasteiger partial charge in [-0.3, -0.25) is 14.9 Å². The molecule has 0 radical (unpaired) electrons. The van der Waals surface area contributed by atoms with Gasteiger partial charge in [-0.1, -0.05) is 30.3 Å². The summed E-state index contributed by atoms with van der Waals surface area (Å²) in [5, 5.41) is 21.1. The van der Waals surface area contributed by atoms with Crippen LogP contribution < -0.4 is 5.73 Å². The highest BCUT2D eigenvalue weighted by Crippen LogP contribution is 2.35. The molecule has 3 aromatic rings. The number of nitrogens with zero attached hydrogens (tertiary/aromatic N) is 2. The maximum Gasteiger partial charge on any atom is 0.320 e. The van der Waals surface area contributed by atoms with Gasteiger partial charge in [0, 0.05) is 25.7 Å². The van der Waals surface area contributed by atoms with Crippen molar-refractivity contribution in [2.45, 2.75) is 12.5 Å². The highest BCUT2D eigenvalue weighted by molar-refractivity contribution is 5.96. The number of hydrogen-bond acceptors (Lipinski definition) is 4. The van der Waals surface area contributed by atoms with Gasteiger partial charge in [0.25, 0.3) is 5.69 Å². The summed E-state index contributed by atoms with van der Waals surface area (Å²) < 4.78 is 1.76. The second-order valence-electron chi connectivity index (χ2n) is 5.93. The summed E-state index contributed by atoms with van der Waals surface area (Å²) in [5.41, 5.74) is 8.39. The van der Waals surface area contributed by atoms with Crippen LogP contribution in [0.4, 0.5) is 5.69 Å². The minimum atomic E-state index is -1.14. The van der Waals surface area contributed by atoms with Crippen LogP contribution in [0.1, 0.15) is 5.56 Å². The average Bonchev–Trinajstić information content (AvgIpc) is 2.90. The second-order valence-corrected chi connectivity index (χ2v) is 5.93. The number of nitrogens with two attached hydrogens (primary N) is 1. The monoisotopic (exact) mass is 339 g/mol. The zero-order valence-corrected chi connectivity index (χ0v) is 13.5. The van der Waals surface area contributed by atoms with Crippen molar-refractivity contribution in [2.75, 3.05) is 0 Å². The fourth-order valence-corrected chi connectivity index (χ4v) is 3.01. The molecule has 128 valence electrons. The van der Waals surface area contributed by atoms with Crippen molar-refractivity contribution < 1.29 is 14.8 Å². The van der Waals surface area contributed by atoms with E-state index in [0.29, 0.717) is 16.5 Å². The standard InChI is InChI=1S/C18H17N3O4/c1-20-10-13(7-14(19)18(22)23)17-15(20)8-12(9-16(17)21(24)25)11-5-3-2-4-6-11/h2-6,8-10,14H,7,19H2,1H3,(H,22,23). The zero-order valence-electron chi connectivity index (χ0n) is 13.5. The number of carbonyl (C=O) groups is 1. The first-order valence-corrected chi connectivity index (χ1v) is 7.68. The van der Waals surface area contributed by atoms with Crippen LogP contribution >= 0.6 is 0 Å². The number of aliphatic carboxylic acids is 1. The molecule has 0 saturated carbocycles. The molecule has 3 N–H and O–H groups in total. The SMILES string of the molecule is Cn1cc(CC(N)C(=O)O)c2c([N+](=O)[O-])cc(-c3ccccc3)cc21. The summed E-state index contributed by atoms with van der Waals surface area (Å²) in [6.07, 6.45) is 1.73. The Balaban J connectivity index is 2.23. The molecule has 1 atom stereocenters. The van der Waals surface area contributed by atoms with Crippen LogP contribution in [-0.4, -0.2) is 26.6 Å². The van der Waals surface area contributed by atoms with Crippen LogP contribution in [0.25, 0.3) is 22.0 Å². The number of hydrogen-bond donors (Lipinski definition) is 2. The second kappa shape index (κ2) is 6.37. The predicted octanol–water partition coefficient (Wildman–Crippen LogP) is 2.71. The number of aromatic nitrogens is 1. The number of aryl methyl sites for hydroxylation is 1. The maximum atomic E-state index is 11.6. The Morgan fingerprint density at radius 2 is 1.96 bits per heavy atom. The molecule has 0 amide bonds. The zero-order chi connectivity index (χ0) is 18.1. The van der Waals surface area contributed by atoms with Gasteiger partial charge in [0.15, 0.2) is 0 Å². The molecule has 0 aliphatic carbocycles. The molecule has 7 nitrogen and oxygen atoms in total. The van der Waals surface area contributed by atoms with E-state index in [1.54, 1.807) is 17.8 Å². The first-order valence-electron chi connectivity index (χ1n) is 7.68. The van der Waals surface area contributed by atoms with E-state index < -0.39 is 16.9 Å². The van der Waals surface area contributed by atoms with Crippen molar-refractivity contribution in [1.82, 2.24) is 4.57 Å². The number of benzene rings is 2. The summed E-state index contributed by atoms with van der Waals surface area (Å²) in [4.78, 5) is 22.2. The Morgan fingerprint density at radius 3 is 2.56 bits per heavy atom. The van der Waals surface area contributed by atoms with E-state index in [-0.39, 0.29) is 12.1 Å². The molecule has 0 aliphatic heterocycles. The van der Waals surface area contributed by atoms with E-state index in [2.05, 4.69) is 0 Å². The molecule has 2 aromatic carbocycles. The summed E-state index contributed by atoms with van der Waals surface area (Å²) >= 11 is 0. The predicted molar refractivity (Wildman–Crippen MR) is 94.3 cm³/mol. The van der Waals surface area contributed by atoms with Crippen molar-refractivity contribution in [2.24, 2.45) is 12.8 Å². The Labute approximate surface area is 143 Å². The quantitative estimate of drug-likeness (QED) is 0.548. The fourth-order valence-electron chi connectivity index (χ4n) is 3.01. The number of nitro benzene ring substituents is 1. The molecular formula is C18H17N3O4. The molecule has 7 heteroatoms. The average molecular weight is 339 g/mol. The first kappa shape index (κ1) is 16.7. The molecule has 0 spiro atoms. The van der Waals surface area contributed by atoms with Crippen LogP contribution in [-0.2, 0) is 18.3 Å². The summed E-state index contributed by atoms with van der Waals surface area (Å²) in [6, 6.07) is 11.7. The number of non-ortho nitro benzene ring substituents is 1. The largest absolute Gasteiger partial charge is 0.480 e. The van der Waals surface area contributed by atoms with Crippen molar-refractivity contribution >= 4 is 22.6 Å². The van der Waals surface area contributed by atoms with Crippen LogP contribution in [0, 0.1) is 10.1 Å². The minimum absolute atomic E-state index is 0.0260. The van der Waals surface area contributed by atoms with Gasteiger partial charge in [-0.05, 0) is 22.8 Å². The van der Waals surface area contributed by atoms with Gasteiger partial charge in [-0.2, -0.15) is 0 Å². The Hall–Kier alpha value is -3.19. The normalized spacial score (nSPS) is 12.2. The smallest absolute Gasteiger partial charge is 0.320 e. The molecule has 0 bridgehead atoms. The van der Waals surface area contributed by atoms with Crippen molar-refractivity contribution in [3.63, 3.8) is 0 Å². The van der Waals surface area contributed by atoms with Crippen molar-refractivity contribution in [1.29, 1.82) is 0 Å². The van der Waals surface area contributed by atoms with Gasteiger partial charge >= 0.3 is 5.97 Å². The fraction of sp³-hybridized carbons (Fsp3) is 0.167. The van der Waals surface area contributed by atoms with E-state index in [0.717, 1.165) is 11.1 Å². The third-order valence-electron chi connectivity index (χ3n) is 4.21. The lowest BCUT2D eigenvalue weighted by atomic mass is 9.99. The lowest BCUT2D eigenvalue weighted by molar-refractivity contribution is -0.383. The lowest BCUT2D eigenvalue weighted by Crippen LogP contribution is -2.32. The van der Waals surface area contributed by atoms with Gasteiger partial charge in [-0.25, -0.2) is 0 Å². The molecule has 25 heavy (non-hydrogen) atoms. The Morgan fingerprint density at radius 1 is 1.28 bits per heavy atom. The van der Waals surface area contributed by atoms with E-state index in [1.807, 2.05) is 36.4 Å². The molecular weight excluding hydrogens is 322 g/mol. The van der Waals surface area contributed by atoms with Gasteiger partial charge in [-0.15, -0.1) is 0 Å². The molecule has 1 unspecified atom stereocenters. The highest BCUT2D eigenvalue weighted by Gasteiger charge is 2.23. The Bertz CT molecular complexity index is 963. The molecule has 3 rings (SSSR count). The lowest BCUT2D eigenvalue weighted by Gasteiger charge is -2.07. The third kappa shape index (κ3) is 3.09. The van der Waals surface area contributed by atoms with Gasteiger partial charge in [0.1, 0.15) is 6.04 Å². The summed E-state index contributed by atoms with van der Waals surface area (Å²) in [6.45, 7) is 0. The van der Waals surface area contributed by atoms with Crippen LogP contribution in [0.5, 0.6) is 0 Å². The number of nitro groups is 1. The first-order chi connectivity index (χ1) is 11.9. The minimum Gasteiger partial charge on any atom is -0.480 e. The molecule has 1 aromatic heterocycles. The number of rotatable bonds is 5. The van der Waals surface area contributed by atoms with Crippen LogP contribution in [0.2, 0.25) is 0 Å². The van der Waals surface area contributed by atoms with Crippen LogP contribution in [0.15, 0.2) is 48.7 Å². The van der Waals surface area contributed by atoms with Crippen molar-refractivity contribution in [3.05, 3.63) is 64.3 Å². The molecule has 0 fully saturated rings. The number of fused-ring (bicyclic) bond motifs is 1. The van der Waals surface area contributed by atoms with E-state index in [1.165, 1.54) is 6.07 Å². The molecule has 0 aliphatic rings. The number of carboxylic acids is 1. The highest BCUT2D eigenvalue weighted by atomic mass is 16.6. The van der Waals surface area contributed by atoms with E-state index in [9.17, 15) is 14.9 Å². The number of carboxylic acid groups (broad SMARTS) is 1. The molecule has 1 heterocycles. The summed E-state index contributed by atoms with van der Waals surface area (Å²) in [5.74, 6) is -1.14. The van der Waals surface area contributed by atoms with Gasteiger partial charge < -0.3 is 15.4 Å². The topological polar surface area (TPSA) is 111 Å². The van der Waals surface area contributed by atoms with Crippen molar-refractivity contribution in [3.8, 4) is 11.1 Å². The van der Waals surface area contributed by atoms with E-state index >= 15 is 0 Å². The van der Waals surface area contributed by atoms with Gasteiger partial charge in [0.05, 0.1) is 15.8 Å². The van der Waals surface area contributed by atoms with E-state index in [4.69, 9.17) is 10.8 Å².